The molecule has 1 aliphatic rings. The van der Waals surface area contributed by atoms with Crippen LogP contribution in [0.25, 0.3) is 5.65 Å². The molecule has 5 rings (SSSR count). The summed E-state index contributed by atoms with van der Waals surface area (Å²) in [7, 11) is -4.58. The third-order valence-corrected chi connectivity index (χ3v) is 8.11. The van der Waals surface area contributed by atoms with Crippen LogP contribution in [0.5, 0.6) is 0 Å². The van der Waals surface area contributed by atoms with Crippen LogP contribution in [0.3, 0.4) is 0 Å². The van der Waals surface area contributed by atoms with E-state index in [1.807, 2.05) is 18.2 Å². The first-order valence-corrected chi connectivity index (χ1v) is 14.4. The molecule has 1 amide bonds. The third kappa shape index (κ3) is 5.07. The van der Waals surface area contributed by atoms with Crippen molar-refractivity contribution in [2.24, 2.45) is 5.14 Å². The van der Waals surface area contributed by atoms with Gasteiger partial charge < -0.3 is 4.90 Å². The van der Waals surface area contributed by atoms with Crippen LogP contribution in [0.1, 0.15) is 63.9 Å². The number of amides is 1. The molecule has 0 saturated carbocycles. The van der Waals surface area contributed by atoms with Crippen molar-refractivity contribution >= 4 is 39.1 Å². The molecule has 40 heavy (non-hydrogen) atoms. The molecule has 0 unspecified atom stereocenters. The van der Waals surface area contributed by atoms with Gasteiger partial charge in [-0.2, -0.15) is 18.0 Å². The average molecular weight is 565 g/mol. The number of hydrogen-bond acceptors (Lipinski definition) is 6. The van der Waals surface area contributed by atoms with Crippen molar-refractivity contribution in [1.82, 2.24) is 19.5 Å². The maximum atomic E-state index is 14.0. The Morgan fingerprint density at radius 1 is 1.07 bits per heavy atom. The molecule has 0 radical (unpaired) electrons. The molecule has 2 N–H and O–H groups in total. The lowest BCUT2D eigenvalue weighted by atomic mass is 9.89. The van der Waals surface area contributed by atoms with Crippen LogP contribution in [0.15, 0.2) is 60.9 Å². The number of hydrogen-bond donors (Lipinski definition) is 1. The van der Waals surface area contributed by atoms with Gasteiger partial charge in [0.2, 0.25) is 0 Å². The maximum Gasteiger partial charge on any atom is 0.304 e. The van der Waals surface area contributed by atoms with Crippen molar-refractivity contribution in [3.8, 4) is 0 Å². The maximum absolute atomic E-state index is 14.0. The standard InChI is InChI=1S/C28H29FN6O4S/c1-3-25(36)22-17-32-34-26(22)31-16-23(27(34)35(40(30,38)39)24-10-9-21(29)15-18(24)2)28(37)33-13-11-20(12-14-33)19-7-5-4-6-8-19/h4-10,15-17,20H,3,11-14H2,1-2H3,(H2,30,38,39). The fourth-order valence-corrected chi connectivity index (χ4v) is 6.08. The van der Waals surface area contributed by atoms with Crippen LogP contribution in [0, 0.1) is 12.7 Å². The fourth-order valence-electron chi connectivity index (χ4n) is 5.18. The summed E-state index contributed by atoms with van der Waals surface area (Å²) in [6.45, 7) is 4.10. The van der Waals surface area contributed by atoms with Crippen molar-refractivity contribution in [3.05, 3.63) is 89.0 Å². The highest BCUT2D eigenvalue weighted by Crippen LogP contribution is 2.36. The minimum absolute atomic E-state index is 0.0344. The molecule has 208 valence electrons. The van der Waals surface area contributed by atoms with E-state index < -0.39 is 21.9 Å². The zero-order valence-electron chi connectivity index (χ0n) is 22.1. The van der Waals surface area contributed by atoms with Crippen molar-refractivity contribution < 1.29 is 22.4 Å². The average Bonchev–Trinajstić information content (AvgIpc) is 3.38. The second kappa shape index (κ2) is 10.8. The normalized spacial score (nSPS) is 14.4. The minimum atomic E-state index is -4.58. The van der Waals surface area contributed by atoms with Gasteiger partial charge in [-0.15, -0.1) is 0 Å². The monoisotopic (exact) mass is 564 g/mol. The number of halogens is 1. The summed E-state index contributed by atoms with van der Waals surface area (Å²) in [5.41, 5.74) is 1.69. The predicted molar refractivity (Wildman–Crippen MR) is 148 cm³/mol. The van der Waals surface area contributed by atoms with Crippen molar-refractivity contribution in [3.63, 3.8) is 0 Å². The lowest BCUT2D eigenvalue weighted by Gasteiger charge is -2.33. The zero-order valence-corrected chi connectivity index (χ0v) is 22.9. The summed E-state index contributed by atoms with van der Waals surface area (Å²) in [4.78, 5) is 32.5. The molecule has 2 aromatic heterocycles. The van der Waals surface area contributed by atoms with E-state index in [9.17, 15) is 22.4 Å². The molecular weight excluding hydrogens is 535 g/mol. The Balaban J connectivity index is 1.63. The molecule has 0 aliphatic carbocycles. The second-order valence-corrected chi connectivity index (χ2v) is 11.2. The minimum Gasteiger partial charge on any atom is -0.338 e. The quantitative estimate of drug-likeness (QED) is 0.336. The van der Waals surface area contributed by atoms with Crippen molar-refractivity contribution in [1.29, 1.82) is 0 Å². The Morgan fingerprint density at radius 2 is 1.77 bits per heavy atom. The lowest BCUT2D eigenvalue weighted by molar-refractivity contribution is 0.0712. The van der Waals surface area contributed by atoms with Gasteiger partial charge in [-0.05, 0) is 55.0 Å². The first-order chi connectivity index (χ1) is 19.1. The summed E-state index contributed by atoms with van der Waals surface area (Å²) in [5, 5.41) is 9.98. The Labute approximate surface area is 231 Å². The molecule has 1 saturated heterocycles. The molecule has 2 aromatic carbocycles. The van der Waals surface area contributed by atoms with Gasteiger partial charge in [0.1, 0.15) is 11.4 Å². The van der Waals surface area contributed by atoms with Gasteiger partial charge >= 0.3 is 10.2 Å². The molecule has 1 fully saturated rings. The fraction of sp³-hybridized carbons (Fsp3) is 0.286. The number of nitrogens with zero attached hydrogens (tertiary/aromatic N) is 5. The van der Waals surface area contributed by atoms with Gasteiger partial charge in [-0.1, -0.05) is 37.3 Å². The molecule has 0 spiro atoms. The molecule has 3 heterocycles. The van der Waals surface area contributed by atoms with Crippen LogP contribution in [-0.2, 0) is 10.2 Å². The Hall–Kier alpha value is -4.16. The van der Waals surface area contributed by atoms with Crippen LogP contribution >= 0.6 is 0 Å². The van der Waals surface area contributed by atoms with Crippen LogP contribution in [-0.4, -0.2) is 52.7 Å². The van der Waals surface area contributed by atoms with E-state index in [1.54, 1.807) is 11.8 Å². The number of nitrogens with two attached hydrogens (primary N) is 1. The number of anilines is 2. The second-order valence-electron chi connectivity index (χ2n) is 9.78. The van der Waals surface area contributed by atoms with Gasteiger partial charge in [0.25, 0.3) is 5.91 Å². The first kappa shape index (κ1) is 27.4. The molecule has 12 heteroatoms. The van der Waals surface area contributed by atoms with E-state index >= 15 is 0 Å². The summed E-state index contributed by atoms with van der Waals surface area (Å²) in [6.07, 6.45) is 4.17. The summed E-state index contributed by atoms with van der Waals surface area (Å²) in [6, 6.07) is 13.6. The number of carbonyl (C=O) groups is 2. The van der Waals surface area contributed by atoms with Gasteiger partial charge in [0.15, 0.2) is 17.2 Å². The van der Waals surface area contributed by atoms with Gasteiger partial charge in [-0.25, -0.2) is 18.8 Å². The Morgan fingerprint density at radius 3 is 2.40 bits per heavy atom. The number of piperidine rings is 1. The highest BCUT2D eigenvalue weighted by Gasteiger charge is 2.34. The van der Waals surface area contributed by atoms with Gasteiger partial charge in [0, 0.05) is 25.7 Å². The topological polar surface area (TPSA) is 131 Å². The molecule has 0 bridgehead atoms. The number of rotatable bonds is 7. The Kier molecular flexibility index (Phi) is 7.39. The smallest absolute Gasteiger partial charge is 0.304 e. The van der Waals surface area contributed by atoms with Gasteiger partial charge in [0.05, 0.1) is 17.4 Å². The predicted octanol–water partition coefficient (Wildman–Crippen LogP) is 4.13. The van der Waals surface area contributed by atoms with Crippen LogP contribution < -0.4 is 9.44 Å². The van der Waals surface area contributed by atoms with E-state index in [0.717, 1.165) is 33.8 Å². The summed E-state index contributed by atoms with van der Waals surface area (Å²) >= 11 is 0. The molecule has 0 atom stereocenters. The Bertz CT molecular complexity index is 1700. The number of benzene rings is 2. The van der Waals surface area contributed by atoms with Crippen LogP contribution in [0.2, 0.25) is 0 Å². The molecule has 10 nitrogen and oxygen atoms in total. The number of carbonyl (C=O) groups excluding carboxylic acids is 2. The van der Waals surface area contributed by atoms with E-state index in [0.29, 0.717) is 19.0 Å². The van der Waals surface area contributed by atoms with E-state index in [2.05, 4.69) is 22.2 Å². The molecule has 4 aromatic rings. The third-order valence-electron chi connectivity index (χ3n) is 7.23. The molecular formula is C28H29FN6O4S. The summed E-state index contributed by atoms with van der Waals surface area (Å²) < 4.78 is 42.1. The SMILES string of the molecule is CCC(=O)c1cnn2c(N(c3ccc(F)cc3C)S(N)(=O)=O)c(C(=O)N3CCC(c4ccccc4)CC3)cnc12. The number of likely N-dealkylation sites (tertiary alicyclic amines) is 1. The highest BCUT2D eigenvalue weighted by molar-refractivity contribution is 7.90. The number of fused-ring (bicyclic) bond motifs is 1. The summed E-state index contributed by atoms with van der Waals surface area (Å²) in [5.74, 6) is -1.18. The van der Waals surface area contributed by atoms with E-state index in [-0.39, 0.29) is 46.0 Å². The lowest BCUT2D eigenvalue weighted by Crippen LogP contribution is -2.40. The van der Waals surface area contributed by atoms with Crippen molar-refractivity contribution in [2.75, 3.05) is 17.4 Å². The number of Topliss-reactive ketones (excluding diaryl/α,β-unsaturated/α-hetero) is 1. The van der Waals surface area contributed by atoms with Crippen LogP contribution in [0.4, 0.5) is 15.9 Å². The molecule has 1 aliphatic heterocycles. The van der Waals surface area contributed by atoms with Crippen molar-refractivity contribution in [2.45, 2.75) is 39.0 Å². The number of aromatic nitrogens is 3. The highest BCUT2D eigenvalue weighted by atomic mass is 32.2. The van der Waals surface area contributed by atoms with Gasteiger partial charge in [-0.3, -0.25) is 9.59 Å². The van der Waals surface area contributed by atoms with E-state index in [4.69, 9.17) is 5.14 Å². The van der Waals surface area contributed by atoms with E-state index in [1.165, 1.54) is 30.9 Å². The zero-order chi connectivity index (χ0) is 28.6. The number of aryl methyl sites for hydroxylation is 1. The first-order valence-electron chi connectivity index (χ1n) is 12.9. The largest absolute Gasteiger partial charge is 0.338 e. The number of ketones is 1.